The van der Waals surface area contributed by atoms with Crippen LogP contribution in [0.15, 0.2) is 39.4 Å². The minimum atomic E-state index is -0.414. The van der Waals surface area contributed by atoms with Crippen LogP contribution < -0.4 is 5.32 Å². The molecular formula is C24H31ClFN5O2. The molecule has 0 bridgehead atoms. The maximum absolute atomic E-state index is 13.6. The number of hydrogen-bond acceptors (Lipinski definition) is 6. The zero-order chi connectivity index (χ0) is 23.4. The third kappa shape index (κ3) is 5.54. The van der Waals surface area contributed by atoms with Crippen molar-refractivity contribution in [3.63, 3.8) is 0 Å². The number of nitrogens with zero attached hydrogens (tertiary/aromatic N) is 4. The molecule has 178 valence electrons. The van der Waals surface area contributed by atoms with Gasteiger partial charge in [0.25, 0.3) is 0 Å². The fourth-order valence-corrected chi connectivity index (χ4v) is 5.05. The summed E-state index contributed by atoms with van der Waals surface area (Å²) >= 11 is 6.23. The number of alkyl halides is 1. The SMILES string of the molecule is C=CCC(F)=NCCC1=C(C)C(=O)N2CC(c3nc(C4=CC(Cl)CCN4)no3)CCC2CC1. The number of nitrogens with one attached hydrogen (secondary N) is 1. The first-order valence-corrected chi connectivity index (χ1v) is 12.1. The Morgan fingerprint density at radius 1 is 1.42 bits per heavy atom. The Morgan fingerprint density at radius 3 is 3.06 bits per heavy atom. The highest BCUT2D eigenvalue weighted by molar-refractivity contribution is 6.22. The Balaban J connectivity index is 1.44. The first kappa shape index (κ1) is 23.7. The van der Waals surface area contributed by atoms with Crippen LogP contribution >= 0.6 is 11.6 Å². The van der Waals surface area contributed by atoms with Crippen LogP contribution in [0.1, 0.15) is 69.5 Å². The van der Waals surface area contributed by atoms with Crippen LogP contribution in [0.3, 0.4) is 0 Å². The number of carbonyl (C=O) groups is 1. The number of amides is 1. The molecule has 1 amide bonds. The number of aliphatic imine (C=N–C) groups is 1. The summed E-state index contributed by atoms with van der Waals surface area (Å²) in [6.07, 6.45) is 8.56. The van der Waals surface area contributed by atoms with Crippen molar-refractivity contribution in [2.45, 2.75) is 69.2 Å². The van der Waals surface area contributed by atoms with Crippen LogP contribution in [0.25, 0.3) is 5.70 Å². The zero-order valence-corrected chi connectivity index (χ0v) is 19.8. The van der Waals surface area contributed by atoms with Crippen LogP contribution in [0.5, 0.6) is 0 Å². The maximum Gasteiger partial charge on any atom is 0.249 e. The Kier molecular flexibility index (Phi) is 7.63. The molecule has 4 rings (SSSR count). The molecule has 1 aromatic rings. The number of fused-ring (bicyclic) bond motifs is 1. The number of piperidine rings is 1. The molecular weight excluding hydrogens is 445 g/mol. The Bertz CT molecular complexity index is 985. The van der Waals surface area contributed by atoms with E-state index in [1.165, 1.54) is 6.08 Å². The third-order valence-corrected chi connectivity index (χ3v) is 7.07. The smallest absolute Gasteiger partial charge is 0.249 e. The largest absolute Gasteiger partial charge is 0.382 e. The van der Waals surface area contributed by atoms with Crippen molar-refractivity contribution >= 4 is 29.2 Å². The van der Waals surface area contributed by atoms with Crippen molar-refractivity contribution in [1.29, 1.82) is 0 Å². The Labute approximate surface area is 198 Å². The number of rotatable bonds is 7. The summed E-state index contributed by atoms with van der Waals surface area (Å²) < 4.78 is 19.1. The molecule has 1 aromatic heterocycles. The van der Waals surface area contributed by atoms with Gasteiger partial charge in [0.2, 0.25) is 17.6 Å². The fraction of sp³-hybridized carbons (Fsp3) is 0.583. The summed E-state index contributed by atoms with van der Waals surface area (Å²) in [6.45, 7) is 7.09. The number of allylic oxidation sites excluding steroid dienone is 2. The predicted molar refractivity (Wildman–Crippen MR) is 127 cm³/mol. The molecule has 3 atom stereocenters. The van der Waals surface area contributed by atoms with Crippen LogP contribution in [-0.4, -0.2) is 58.0 Å². The van der Waals surface area contributed by atoms with Crippen molar-refractivity contribution in [3.8, 4) is 0 Å². The minimum absolute atomic E-state index is 0.00869. The molecule has 3 unspecified atom stereocenters. The lowest BCUT2D eigenvalue weighted by Gasteiger charge is -2.37. The average molecular weight is 476 g/mol. The quantitative estimate of drug-likeness (QED) is 0.356. The van der Waals surface area contributed by atoms with E-state index in [2.05, 4.69) is 27.0 Å². The van der Waals surface area contributed by atoms with E-state index >= 15 is 0 Å². The number of halogens is 2. The molecule has 9 heteroatoms. The van der Waals surface area contributed by atoms with Crippen LogP contribution in [0.4, 0.5) is 4.39 Å². The molecule has 0 aromatic carbocycles. The second-order valence-electron chi connectivity index (χ2n) is 8.92. The van der Waals surface area contributed by atoms with E-state index in [4.69, 9.17) is 16.1 Å². The summed E-state index contributed by atoms with van der Waals surface area (Å²) in [6, 6.07) is 0.198. The molecule has 4 heterocycles. The fourth-order valence-electron chi connectivity index (χ4n) is 4.81. The van der Waals surface area contributed by atoms with Crippen molar-refractivity contribution in [2.24, 2.45) is 4.99 Å². The summed E-state index contributed by atoms with van der Waals surface area (Å²) in [7, 11) is 0. The van der Waals surface area contributed by atoms with E-state index in [0.29, 0.717) is 31.2 Å². The highest BCUT2D eigenvalue weighted by atomic mass is 35.5. The topological polar surface area (TPSA) is 83.6 Å². The van der Waals surface area contributed by atoms with Crippen molar-refractivity contribution < 1.29 is 13.7 Å². The van der Waals surface area contributed by atoms with Crippen LogP contribution in [-0.2, 0) is 4.79 Å². The van der Waals surface area contributed by atoms with E-state index in [9.17, 15) is 9.18 Å². The molecule has 0 aliphatic carbocycles. The van der Waals surface area contributed by atoms with Gasteiger partial charge in [0.05, 0.1) is 17.0 Å². The summed E-state index contributed by atoms with van der Waals surface area (Å²) in [5, 5.41) is 7.37. The standard InChI is InChI=1S/C24H31ClFN5O2/c1-3-4-21(26)28-11-9-16-5-7-19-8-6-17(14-31(19)24(32)15(16)2)23-29-22(30-33-23)20-13-18(25)10-12-27-20/h3,13,17-19,27H,1,4-12,14H2,2H3. The van der Waals surface area contributed by atoms with Gasteiger partial charge in [-0.2, -0.15) is 9.37 Å². The van der Waals surface area contributed by atoms with E-state index in [-0.39, 0.29) is 29.7 Å². The van der Waals surface area contributed by atoms with Gasteiger partial charge in [-0.3, -0.25) is 9.79 Å². The van der Waals surface area contributed by atoms with Gasteiger partial charge in [0.15, 0.2) is 5.97 Å². The van der Waals surface area contributed by atoms with Gasteiger partial charge in [-0.1, -0.05) is 16.8 Å². The van der Waals surface area contributed by atoms with Gasteiger partial charge in [0, 0.05) is 37.7 Å². The van der Waals surface area contributed by atoms with Crippen LogP contribution in [0.2, 0.25) is 0 Å². The number of hydrogen-bond donors (Lipinski definition) is 1. The highest BCUT2D eigenvalue weighted by Gasteiger charge is 2.37. The summed E-state index contributed by atoms with van der Waals surface area (Å²) in [5.41, 5.74) is 2.63. The molecule has 1 fully saturated rings. The van der Waals surface area contributed by atoms with Gasteiger partial charge in [-0.15, -0.1) is 18.2 Å². The second-order valence-corrected chi connectivity index (χ2v) is 9.48. The van der Waals surface area contributed by atoms with Crippen molar-refractivity contribution in [3.05, 3.63) is 41.6 Å². The molecule has 1 saturated heterocycles. The molecule has 3 aliphatic rings. The summed E-state index contributed by atoms with van der Waals surface area (Å²) in [4.78, 5) is 23.8. The molecule has 1 N–H and O–H groups in total. The molecule has 0 spiro atoms. The molecule has 0 saturated carbocycles. The van der Waals surface area contributed by atoms with Gasteiger partial charge in [-0.05, 0) is 51.5 Å². The van der Waals surface area contributed by atoms with Gasteiger partial charge in [0.1, 0.15) is 0 Å². The summed E-state index contributed by atoms with van der Waals surface area (Å²) in [5.74, 6) is 0.725. The van der Waals surface area contributed by atoms with Gasteiger partial charge in [-0.25, -0.2) is 0 Å². The molecule has 33 heavy (non-hydrogen) atoms. The Morgan fingerprint density at radius 2 is 2.27 bits per heavy atom. The Hall–Kier alpha value is -2.48. The third-order valence-electron chi connectivity index (χ3n) is 6.72. The predicted octanol–water partition coefficient (Wildman–Crippen LogP) is 4.53. The highest BCUT2D eigenvalue weighted by Crippen LogP contribution is 2.36. The number of carbonyl (C=O) groups excluding carboxylic acids is 1. The van der Waals surface area contributed by atoms with E-state index in [1.54, 1.807) is 0 Å². The molecule has 0 radical (unpaired) electrons. The first-order valence-electron chi connectivity index (χ1n) is 11.7. The zero-order valence-electron chi connectivity index (χ0n) is 19.0. The van der Waals surface area contributed by atoms with Gasteiger partial charge < -0.3 is 14.7 Å². The van der Waals surface area contributed by atoms with Crippen molar-refractivity contribution in [1.82, 2.24) is 20.4 Å². The normalized spacial score (nSPS) is 26.5. The monoisotopic (exact) mass is 475 g/mol. The molecule has 3 aliphatic heterocycles. The molecule has 7 nitrogen and oxygen atoms in total. The van der Waals surface area contributed by atoms with E-state index in [1.807, 2.05) is 17.9 Å². The van der Waals surface area contributed by atoms with Crippen LogP contribution in [0, 0.1) is 0 Å². The van der Waals surface area contributed by atoms with E-state index < -0.39 is 5.97 Å². The van der Waals surface area contributed by atoms with Gasteiger partial charge >= 0.3 is 0 Å². The lowest BCUT2D eigenvalue weighted by molar-refractivity contribution is -0.131. The van der Waals surface area contributed by atoms with E-state index in [0.717, 1.165) is 55.5 Å². The van der Waals surface area contributed by atoms with Crippen molar-refractivity contribution in [2.75, 3.05) is 19.6 Å². The average Bonchev–Trinajstić information content (AvgIpc) is 3.27. The maximum atomic E-state index is 13.6. The lowest BCUT2D eigenvalue weighted by Crippen LogP contribution is -2.45. The number of aromatic nitrogens is 2. The lowest BCUT2D eigenvalue weighted by atomic mass is 9.90. The first-order chi connectivity index (χ1) is 16.0. The second kappa shape index (κ2) is 10.6. The minimum Gasteiger partial charge on any atom is -0.382 e.